The molecule has 1 aromatic carbocycles. The third-order valence-corrected chi connectivity index (χ3v) is 2.69. The van der Waals surface area contributed by atoms with Crippen LogP contribution in [0.5, 0.6) is 0 Å². The molecule has 14 heavy (non-hydrogen) atoms. The van der Waals surface area contributed by atoms with Gasteiger partial charge in [-0.1, -0.05) is 15.9 Å². The van der Waals surface area contributed by atoms with Crippen LogP contribution in [0.2, 0.25) is 0 Å². The minimum Gasteiger partial charge on any atom is -0.380 e. The minimum atomic E-state index is -0.284. The van der Waals surface area contributed by atoms with Crippen molar-refractivity contribution in [1.29, 1.82) is 0 Å². The van der Waals surface area contributed by atoms with Crippen LogP contribution in [0.15, 0.2) is 16.6 Å². The maximum Gasteiger partial charge on any atom is 0.130 e. The van der Waals surface area contributed by atoms with Gasteiger partial charge >= 0.3 is 0 Å². The van der Waals surface area contributed by atoms with E-state index in [1.165, 1.54) is 13.2 Å². The predicted octanol–water partition coefficient (Wildman–Crippen LogP) is 2.75. The predicted molar refractivity (Wildman–Crippen MR) is 57.4 cm³/mol. The van der Waals surface area contributed by atoms with Gasteiger partial charge in [0.15, 0.2) is 0 Å². The van der Waals surface area contributed by atoms with Gasteiger partial charge < -0.3 is 10.5 Å². The number of hydrogen-bond acceptors (Lipinski definition) is 2. The van der Waals surface area contributed by atoms with E-state index in [-0.39, 0.29) is 18.5 Å². The zero-order valence-electron chi connectivity index (χ0n) is 8.18. The summed E-state index contributed by atoms with van der Waals surface area (Å²) in [4.78, 5) is 0. The number of rotatable bonds is 3. The first kappa shape index (κ1) is 11.6. The van der Waals surface area contributed by atoms with Crippen LogP contribution in [0.25, 0.3) is 0 Å². The molecular formula is C10H13BrFNO. The van der Waals surface area contributed by atoms with E-state index in [2.05, 4.69) is 15.9 Å². The summed E-state index contributed by atoms with van der Waals surface area (Å²) in [7, 11) is 1.53. The molecule has 1 rings (SSSR count). The van der Waals surface area contributed by atoms with Crippen LogP contribution in [0.1, 0.15) is 24.1 Å². The number of ether oxygens (including phenoxy) is 1. The molecule has 78 valence electrons. The lowest BCUT2D eigenvalue weighted by Crippen LogP contribution is -2.07. The Morgan fingerprint density at radius 1 is 1.57 bits per heavy atom. The smallest absolute Gasteiger partial charge is 0.130 e. The van der Waals surface area contributed by atoms with Crippen LogP contribution in [-0.4, -0.2) is 7.11 Å². The molecule has 0 radical (unpaired) electrons. The van der Waals surface area contributed by atoms with Crippen molar-refractivity contribution in [3.63, 3.8) is 0 Å². The standard InChI is InChI=1S/C10H13BrFNO/c1-6(13)7-3-9(11)8(5-14-2)10(12)4-7/h3-4,6H,5,13H2,1-2H3. The fourth-order valence-corrected chi connectivity index (χ4v) is 1.74. The highest BCUT2D eigenvalue weighted by Crippen LogP contribution is 2.25. The van der Waals surface area contributed by atoms with Crippen molar-refractivity contribution >= 4 is 15.9 Å². The SMILES string of the molecule is COCc1c(F)cc(C(C)N)cc1Br. The summed E-state index contributed by atoms with van der Waals surface area (Å²) >= 11 is 3.29. The van der Waals surface area contributed by atoms with Gasteiger partial charge in [0, 0.05) is 23.2 Å². The highest BCUT2D eigenvalue weighted by molar-refractivity contribution is 9.10. The van der Waals surface area contributed by atoms with E-state index in [9.17, 15) is 4.39 Å². The van der Waals surface area contributed by atoms with Gasteiger partial charge in [0.05, 0.1) is 6.61 Å². The molecule has 0 saturated carbocycles. The van der Waals surface area contributed by atoms with E-state index in [4.69, 9.17) is 10.5 Å². The van der Waals surface area contributed by atoms with E-state index in [1.807, 2.05) is 13.0 Å². The quantitative estimate of drug-likeness (QED) is 0.909. The average Bonchev–Trinajstić information content (AvgIpc) is 2.10. The van der Waals surface area contributed by atoms with Gasteiger partial charge in [0.1, 0.15) is 5.82 Å². The molecule has 0 spiro atoms. The first-order chi connectivity index (χ1) is 6.56. The Kier molecular flexibility index (Phi) is 4.04. The molecule has 0 heterocycles. The monoisotopic (exact) mass is 261 g/mol. The summed E-state index contributed by atoms with van der Waals surface area (Å²) < 4.78 is 19.1. The van der Waals surface area contributed by atoms with Gasteiger partial charge in [0.25, 0.3) is 0 Å². The molecule has 0 aromatic heterocycles. The zero-order valence-corrected chi connectivity index (χ0v) is 9.77. The summed E-state index contributed by atoms with van der Waals surface area (Å²) in [6, 6.07) is 3.10. The highest BCUT2D eigenvalue weighted by Gasteiger charge is 2.10. The molecule has 4 heteroatoms. The Balaban J connectivity index is 3.11. The van der Waals surface area contributed by atoms with Crippen LogP contribution in [0.4, 0.5) is 4.39 Å². The molecule has 0 amide bonds. The van der Waals surface area contributed by atoms with Crippen molar-refractivity contribution in [2.24, 2.45) is 5.73 Å². The normalized spacial score (nSPS) is 12.9. The van der Waals surface area contributed by atoms with Gasteiger partial charge in [-0.05, 0) is 24.6 Å². The number of nitrogens with two attached hydrogens (primary N) is 1. The summed E-state index contributed by atoms with van der Waals surface area (Å²) in [5.74, 6) is -0.284. The molecule has 0 aliphatic heterocycles. The van der Waals surface area contributed by atoms with E-state index >= 15 is 0 Å². The molecule has 2 nitrogen and oxygen atoms in total. The van der Waals surface area contributed by atoms with E-state index in [0.717, 1.165) is 5.56 Å². The number of hydrogen-bond donors (Lipinski definition) is 1. The van der Waals surface area contributed by atoms with E-state index < -0.39 is 0 Å². The van der Waals surface area contributed by atoms with Gasteiger partial charge in [-0.15, -0.1) is 0 Å². The Labute approximate surface area is 91.4 Å². The molecule has 0 fully saturated rings. The van der Waals surface area contributed by atoms with Crippen molar-refractivity contribution in [2.45, 2.75) is 19.6 Å². The van der Waals surface area contributed by atoms with Crippen LogP contribution >= 0.6 is 15.9 Å². The Morgan fingerprint density at radius 2 is 2.21 bits per heavy atom. The maximum absolute atomic E-state index is 13.5. The molecule has 0 bridgehead atoms. The summed E-state index contributed by atoms with van der Waals surface area (Å²) in [6.07, 6.45) is 0. The fraction of sp³-hybridized carbons (Fsp3) is 0.400. The lowest BCUT2D eigenvalue weighted by atomic mass is 10.1. The molecule has 0 aliphatic carbocycles. The van der Waals surface area contributed by atoms with Crippen molar-refractivity contribution < 1.29 is 9.13 Å². The highest BCUT2D eigenvalue weighted by atomic mass is 79.9. The largest absolute Gasteiger partial charge is 0.380 e. The molecule has 1 atom stereocenters. The van der Waals surface area contributed by atoms with Gasteiger partial charge in [-0.2, -0.15) is 0 Å². The van der Waals surface area contributed by atoms with Gasteiger partial charge in [-0.25, -0.2) is 4.39 Å². The first-order valence-corrected chi connectivity index (χ1v) is 5.08. The number of halogens is 2. The van der Waals surface area contributed by atoms with Crippen LogP contribution in [0, 0.1) is 5.82 Å². The van der Waals surface area contributed by atoms with Gasteiger partial charge in [0.2, 0.25) is 0 Å². The van der Waals surface area contributed by atoms with Crippen molar-refractivity contribution in [1.82, 2.24) is 0 Å². The number of benzene rings is 1. The zero-order chi connectivity index (χ0) is 10.7. The molecule has 1 aromatic rings. The summed E-state index contributed by atoms with van der Waals surface area (Å²) in [6.45, 7) is 2.07. The Bertz CT molecular complexity index is 305. The molecule has 0 aliphatic rings. The topological polar surface area (TPSA) is 35.2 Å². The Hall–Kier alpha value is -0.450. The molecule has 1 unspecified atom stereocenters. The third-order valence-electron chi connectivity index (χ3n) is 1.98. The molecule has 0 saturated heterocycles. The minimum absolute atomic E-state index is 0.169. The first-order valence-electron chi connectivity index (χ1n) is 4.28. The summed E-state index contributed by atoms with van der Waals surface area (Å²) in [5, 5.41) is 0. The second-order valence-electron chi connectivity index (χ2n) is 3.18. The molecule has 2 N–H and O–H groups in total. The van der Waals surface area contributed by atoms with E-state index in [1.54, 1.807) is 0 Å². The second kappa shape index (κ2) is 4.87. The summed E-state index contributed by atoms with van der Waals surface area (Å²) in [5.41, 5.74) is 6.95. The van der Waals surface area contributed by atoms with Gasteiger partial charge in [-0.3, -0.25) is 0 Å². The fourth-order valence-electron chi connectivity index (χ4n) is 1.17. The lowest BCUT2D eigenvalue weighted by Gasteiger charge is -2.10. The van der Waals surface area contributed by atoms with Crippen LogP contribution < -0.4 is 5.73 Å². The average molecular weight is 262 g/mol. The molecular weight excluding hydrogens is 249 g/mol. The van der Waals surface area contributed by atoms with E-state index in [0.29, 0.717) is 10.0 Å². The third kappa shape index (κ3) is 2.53. The second-order valence-corrected chi connectivity index (χ2v) is 4.04. The maximum atomic E-state index is 13.5. The van der Waals surface area contributed by atoms with Crippen LogP contribution in [0.3, 0.4) is 0 Å². The number of methoxy groups -OCH3 is 1. The lowest BCUT2D eigenvalue weighted by molar-refractivity contribution is 0.181. The van der Waals surface area contributed by atoms with Crippen molar-refractivity contribution in [3.05, 3.63) is 33.5 Å². The van der Waals surface area contributed by atoms with Crippen LogP contribution in [-0.2, 0) is 11.3 Å². The Morgan fingerprint density at radius 3 is 2.64 bits per heavy atom. The van der Waals surface area contributed by atoms with Crippen molar-refractivity contribution in [2.75, 3.05) is 7.11 Å². The van der Waals surface area contributed by atoms with Crippen molar-refractivity contribution in [3.8, 4) is 0 Å².